The lowest BCUT2D eigenvalue weighted by molar-refractivity contribution is -0.136. The van der Waals surface area contributed by atoms with Crippen LogP contribution in [-0.2, 0) is 14.6 Å². The number of sulfone groups is 1. The van der Waals surface area contributed by atoms with Gasteiger partial charge in [-0.15, -0.1) is 0 Å². The molecule has 0 radical (unpaired) electrons. The fourth-order valence-electron chi connectivity index (χ4n) is 4.57. The lowest BCUT2D eigenvalue weighted by atomic mass is 9.71. The summed E-state index contributed by atoms with van der Waals surface area (Å²) in [4.78, 5) is 10.7. The van der Waals surface area contributed by atoms with E-state index in [0.717, 1.165) is 24.8 Å². The zero-order chi connectivity index (χ0) is 21.3. The second-order valence-electron chi connectivity index (χ2n) is 8.98. The largest absolute Gasteiger partial charge is 0.481 e. The van der Waals surface area contributed by atoms with Gasteiger partial charge in [-0.3, -0.25) is 4.79 Å². The number of allylic oxidation sites excluding steroid dienone is 3. The number of aliphatic carboxylic acids is 1. The van der Waals surface area contributed by atoms with Crippen LogP contribution in [0.5, 0.6) is 0 Å². The van der Waals surface area contributed by atoms with Gasteiger partial charge in [-0.05, 0) is 63.9 Å². The highest BCUT2D eigenvalue weighted by molar-refractivity contribution is 7.93. The summed E-state index contributed by atoms with van der Waals surface area (Å²) in [5, 5.41) is 17.8. The number of carbonyl (C=O) groups is 1. The number of carboxylic acid groups (broad SMARTS) is 1. The fraction of sp³-hybridized carbons (Fsp3) is 0.682. The molecule has 158 valence electrons. The third kappa shape index (κ3) is 4.77. The molecule has 0 aromatic carbocycles. The Labute approximate surface area is 169 Å². The molecule has 1 heterocycles. The van der Waals surface area contributed by atoms with Crippen molar-refractivity contribution in [1.29, 1.82) is 0 Å². The summed E-state index contributed by atoms with van der Waals surface area (Å²) in [5.41, 5.74) is 3.84. The fourth-order valence-corrected chi connectivity index (χ4v) is 6.93. The van der Waals surface area contributed by atoms with E-state index in [9.17, 15) is 18.3 Å². The molecule has 0 aromatic heterocycles. The van der Waals surface area contributed by atoms with Crippen LogP contribution in [0.2, 0.25) is 0 Å². The van der Waals surface area contributed by atoms with Crippen LogP contribution in [0.25, 0.3) is 0 Å². The van der Waals surface area contributed by atoms with E-state index >= 15 is 0 Å². The molecule has 1 aliphatic carbocycles. The molecule has 28 heavy (non-hydrogen) atoms. The van der Waals surface area contributed by atoms with Crippen molar-refractivity contribution in [1.82, 2.24) is 0 Å². The highest BCUT2D eigenvalue weighted by atomic mass is 32.2. The SMILES string of the molecule is CC1=CC(C(O)/C(C)=C/CCC(=O)O)S(=O)(=O)C1CC1=C(C)CCCC1(C)C. The first-order valence-corrected chi connectivity index (χ1v) is 11.7. The molecule has 3 atom stereocenters. The Bertz CT molecular complexity index is 814. The summed E-state index contributed by atoms with van der Waals surface area (Å²) in [6, 6.07) is 0. The van der Waals surface area contributed by atoms with Crippen LogP contribution in [0.3, 0.4) is 0 Å². The molecule has 0 amide bonds. The van der Waals surface area contributed by atoms with E-state index in [0.29, 0.717) is 12.0 Å². The van der Waals surface area contributed by atoms with Gasteiger partial charge in [0.2, 0.25) is 0 Å². The zero-order valence-corrected chi connectivity index (χ0v) is 18.5. The normalized spacial score (nSPS) is 28.2. The van der Waals surface area contributed by atoms with Crippen LogP contribution >= 0.6 is 0 Å². The van der Waals surface area contributed by atoms with E-state index < -0.39 is 32.4 Å². The Hall–Kier alpha value is -1.40. The summed E-state index contributed by atoms with van der Waals surface area (Å²) >= 11 is 0. The number of hydrogen-bond acceptors (Lipinski definition) is 4. The van der Waals surface area contributed by atoms with Crippen molar-refractivity contribution in [2.75, 3.05) is 0 Å². The maximum absolute atomic E-state index is 13.3. The molecular weight excluding hydrogens is 376 g/mol. The molecular formula is C22H34O5S. The Morgan fingerprint density at radius 3 is 2.57 bits per heavy atom. The molecule has 5 nitrogen and oxygen atoms in total. The first-order chi connectivity index (χ1) is 12.9. The molecule has 1 aliphatic heterocycles. The Morgan fingerprint density at radius 1 is 1.36 bits per heavy atom. The molecule has 2 rings (SSSR count). The molecule has 0 bridgehead atoms. The van der Waals surface area contributed by atoms with Gasteiger partial charge in [0.15, 0.2) is 9.84 Å². The number of hydrogen-bond donors (Lipinski definition) is 2. The Balaban J connectivity index is 2.23. The molecule has 2 N–H and O–H groups in total. The second kappa shape index (κ2) is 8.54. The molecule has 0 aromatic rings. The van der Waals surface area contributed by atoms with Crippen molar-refractivity contribution in [2.24, 2.45) is 5.41 Å². The van der Waals surface area contributed by atoms with E-state index in [2.05, 4.69) is 20.8 Å². The third-order valence-corrected chi connectivity index (χ3v) is 8.87. The van der Waals surface area contributed by atoms with E-state index in [1.54, 1.807) is 19.1 Å². The molecule has 0 saturated heterocycles. The van der Waals surface area contributed by atoms with Crippen LogP contribution < -0.4 is 0 Å². The average molecular weight is 411 g/mol. The van der Waals surface area contributed by atoms with E-state index in [-0.39, 0.29) is 18.3 Å². The van der Waals surface area contributed by atoms with Gasteiger partial charge in [0.1, 0.15) is 5.25 Å². The predicted molar refractivity (Wildman–Crippen MR) is 112 cm³/mol. The average Bonchev–Trinajstić information content (AvgIpc) is 2.79. The van der Waals surface area contributed by atoms with Gasteiger partial charge in [-0.2, -0.15) is 0 Å². The maximum Gasteiger partial charge on any atom is 0.303 e. The molecule has 0 spiro atoms. The predicted octanol–water partition coefficient (Wildman–Crippen LogP) is 4.19. The van der Waals surface area contributed by atoms with Gasteiger partial charge >= 0.3 is 5.97 Å². The minimum absolute atomic E-state index is 0.00148. The topological polar surface area (TPSA) is 91.7 Å². The minimum Gasteiger partial charge on any atom is -0.481 e. The maximum atomic E-state index is 13.3. The van der Waals surface area contributed by atoms with Crippen LogP contribution in [0.15, 0.2) is 34.4 Å². The van der Waals surface area contributed by atoms with Crippen molar-refractivity contribution < 1.29 is 23.4 Å². The Kier molecular flexibility index (Phi) is 6.98. The number of aliphatic hydroxyl groups excluding tert-OH is 1. The van der Waals surface area contributed by atoms with E-state index in [1.165, 1.54) is 11.1 Å². The minimum atomic E-state index is -3.57. The lowest BCUT2D eigenvalue weighted by Gasteiger charge is -2.36. The van der Waals surface area contributed by atoms with Crippen molar-refractivity contribution in [3.63, 3.8) is 0 Å². The van der Waals surface area contributed by atoms with Gasteiger partial charge in [0.25, 0.3) is 0 Å². The highest BCUT2D eigenvalue weighted by Crippen LogP contribution is 2.45. The van der Waals surface area contributed by atoms with Crippen molar-refractivity contribution in [3.05, 3.63) is 34.4 Å². The van der Waals surface area contributed by atoms with Crippen LogP contribution in [0.4, 0.5) is 0 Å². The van der Waals surface area contributed by atoms with E-state index in [1.807, 2.05) is 6.92 Å². The summed E-state index contributed by atoms with van der Waals surface area (Å²) in [6.45, 7) is 9.98. The molecule has 2 aliphatic rings. The summed E-state index contributed by atoms with van der Waals surface area (Å²) in [7, 11) is -3.57. The number of aliphatic hydroxyl groups is 1. The van der Waals surface area contributed by atoms with Crippen molar-refractivity contribution in [2.45, 2.75) is 89.7 Å². The number of rotatable bonds is 7. The Morgan fingerprint density at radius 2 is 2.00 bits per heavy atom. The van der Waals surface area contributed by atoms with Crippen molar-refractivity contribution >= 4 is 15.8 Å². The van der Waals surface area contributed by atoms with Gasteiger partial charge < -0.3 is 10.2 Å². The highest BCUT2D eigenvalue weighted by Gasteiger charge is 2.45. The smallest absolute Gasteiger partial charge is 0.303 e. The van der Waals surface area contributed by atoms with Gasteiger partial charge in [-0.25, -0.2) is 8.42 Å². The van der Waals surface area contributed by atoms with Crippen LogP contribution in [-0.4, -0.2) is 41.2 Å². The second-order valence-corrected chi connectivity index (χ2v) is 11.3. The van der Waals surface area contributed by atoms with Crippen LogP contribution in [0.1, 0.15) is 73.1 Å². The summed E-state index contributed by atoms with van der Waals surface area (Å²) in [5.74, 6) is -0.915. The summed E-state index contributed by atoms with van der Waals surface area (Å²) < 4.78 is 26.5. The first kappa shape index (κ1) is 22.9. The molecule has 0 saturated carbocycles. The van der Waals surface area contributed by atoms with Crippen molar-refractivity contribution in [3.8, 4) is 0 Å². The third-order valence-electron chi connectivity index (χ3n) is 6.39. The standard InChI is InChI=1S/C22H34O5S/c1-14-9-7-11-22(4,5)17(14)13-18-16(3)12-19(28(18,26)27)21(25)15(2)8-6-10-20(23)24/h8,12,18-19,21,25H,6-7,9-11,13H2,1-5H3,(H,23,24)/b15-8+. The summed E-state index contributed by atoms with van der Waals surface area (Å²) in [6.07, 6.45) is 6.11. The quantitative estimate of drug-likeness (QED) is 0.614. The monoisotopic (exact) mass is 410 g/mol. The van der Waals surface area contributed by atoms with Gasteiger partial charge in [0, 0.05) is 6.42 Å². The molecule has 0 fully saturated rings. The van der Waals surface area contributed by atoms with E-state index in [4.69, 9.17) is 5.11 Å². The molecule has 3 unspecified atom stereocenters. The zero-order valence-electron chi connectivity index (χ0n) is 17.7. The first-order valence-electron chi connectivity index (χ1n) is 10.0. The molecule has 6 heteroatoms. The van der Waals surface area contributed by atoms with Gasteiger partial charge in [-0.1, -0.05) is 42.7 Å². The lowest BCUT2D eigenvalue weighted by Crippen LogP contribution is -2.36. The van der Waals surface area contributed by atoms with Crippen LogP contribution in [0, 0.1) is 5.41 Å². The number of carboxylic acids is 1. The van der Waals surface area contributed by atoms with Gasteiger partial charge in [0.05, 0.1) is 11.4 Å².